The van der Waals surface area contributed by atoms with Gasteiger partial charge in [-0.2, -0.15) is 0 Å². The van der Waals surface area contributed by atoms with E-state index in [0.29, 0.717) is 23.5 Å². The highest BCUT2D eigenvalue weighted by molar-refractivity contribution is 7.54. The average Bonchev–Trinajstić information content (AvgIpc) is 2.56. The van der Waals surface area contributed by atoms with Gasteiger partial charge in [-0.25, -0.2) is 4.57 Å². The molecule has 0 heterocycles. The minimum atomic E-state index is -3.10. The number of hydrogen-bond acceptors (Lipinski definition) is 3. The summed E-state index contributed by atoms with van der Waals surface area (Å²) in [5, 5.41) is 0.679. The first-order valence-corrected chi connectivity index (χ1v) is 11.3. The van der Waals surface area contributed by atoms with E-state index >= 15 is 0 Å². The van der Waals surface area contributed by atoms with E-state index in [1.54, 1.807) is 12.1 Å². The van der Waals surface area contributed by atoms with Crippen molar-refractivity contribution in [3.8, 4) is 5.75 Å². The van der Waals surface area contributed by atoms with Gasteiger partial charge in [0.05, 0.1) is 12.8 Å². The molecule has 1 rings (SSSR count). The summed E-state index contributed by atoms with van der Waals surface area (Å²) in [5.41, 5.74) is 0.909. The molecule has 0 aliphatic carbocycles. The van der Waals surface area contributed by atoms with Crippen LogP contribution in [0.25, 0.3) is 0 Å². The van der Waals surface area contributed by atoms with E-state index in [9.17, 15) is 4.57 Å². The normalized spacial score (nSPS) is 13.7. The zero-order chi connectivity index (χ0) is 17.8. The van der Waals surface area contributed by atoms with Crippen LogP contribution in [-0.4, -0.2) is 12.8 Å². The highest BCUT2D eigenvalue weighted by Gasteiger charge is 2.25. The lowest BCUT2D eigenvalue weighted by Crippen LogP contribution is -2.04. The Balaban J connectivity index is 2.51. The second kappa shape index (κ2) is 12.0. The number of rotatable bonds is 13. The highest BCUT2D eigenvalue weighted by atomic mass is 35.5. The molecule has 0 fully saturated rings. The Morgan fingerprint density at radius 2 is 1.67 bits per heavy atom. The molecular weight excluding hydrogens is 343 g/mol. The maximum absolute atomic E-state index is 13.0. The van der Waals surface area contributed by atoms with E-state index in [4.69, 9.17) is 20.6 Å². The third kappa shape index (κ3) is 8.55. The van der Waals surface area contributed by atoms with Crippen molar-refractivity contribution in [2.45, 2.75) is 72.1 Å². The van der Waals surface area contributed by atoms with E-state index in [0.717, 1.165) is 31.2 Å². The van der Waals surface area contributed by atoms with Crippen LogP contribution >= 0.6 is 19.2 Å². The Hall–Kier alpha value is -0.500. The molecule has 0 saturated heterocycles. The number of halogens is 1. The molecule has 1 unspecified atom stereocenters. The summed E-state index contributed by atoms with van der Waals surface area (Å²) < 4.78 is 24.5. The topological polar surface area (TPSA) is 35.5 Å². The van der Waals surface area contributed by atoms with Crippen LogP contribution in [0.1, 0.15) is 70.8 Å². The van der Waals surface area contributed by atoms with Crippen molar-refractivity contribution in [1.29, 1.82) is 0 Å². The van der Waals surface area contributed by atoms with Gasteiger partial charge in [0.15, 0.2) is 0 Å². The first-order valence-electron chi connectivity index (χ1n) is 9.20. The van der Waals surface area contributed by atoms with E-state index in [2.05, 4.69) is 13.8 Å². The van der Waals surface area contributed by atoms with Gasteiger partial charge >= 0.3 is 7.60 Å². The first kappa shape index (κ1) is 21.5. The van der Waals surface area contributed by atoms with E-state index < -0.39 is 7.60 Å². The van der Waals surface area contributed by atoms with Crippen LogP contribution in [0.5, 0.6) is 5.75 Å². The quantitative estimate of drug-likeness (QED) is 0.266. The largest absolute Gasteiger partial charge is 0.424 e. The molecule has 138 valence electrons. The smallest absolute Gasteiger partial charge is 0.379 e. The zero-order valence-corrected chi connectivity index (χ0v) is 17.0. The van der Waals surface area contributed by atoms with Gasteiger partial charge in [0.25, 0.3) is 0 Å². The zero-order valence-electron chi connectivity index (χ0n) is 15.4. The van der Waals surface area contributed by atoms with Crippen molar-refractivity contribution in [1.82, 2.24) is 0 Å². The molecular formula is C19H32ClO3P. The van der Waals surface area contributed by atoms with Crippen LogP contribution in [0.2, 0.25) is 5.02 Å². The van der Waals surface area contributed by atoms with Gasteiger partial charge in [-0.05, 0) is 43.5 Å². The van der Waals surface area contributed by atoms with Gasteiger partial charge in [-0.1, -0.05) is 64.0 Å². The van der Waals surface area contributed by atoms with Gasteiger partial charge in [0, 0.05) is 5.02 Å². The Labute approximate surface area is 152 Å². The van der Waals surface area contributed by atoms with Gasteiger partial charge in [-0.3, -0.25) is 4.52 Å². The highest BCUT2D eigenvalue weighted by Crippen LogP contribution is 2.49. The van der Waals surface area contributed by atoms with Crippen LogP contribution in [-0.2, 0) is 9.09 Å². The fourth-order valence-corrected chi connectivity index (χ4v) is 4.35. The van der Waals surface area contributed by atoms with Gasteiger partial charge < -0.3 is 4.52 Å². The second-order valence-corrected chi connectivity index (χ2v) is 8.81. The third-order valence-corrected chi connectivity index (χ3v) is 6.30. The van der Waals surface area contributed by atoms with Gasteiger partial charge in [-0.15, -0.1) is 0 Å². The van der Waals surface area contributed by atoms with Crippen molar-refractivity contribution in [3.05, 3.63) is 28.8 Å². The fourth-order valence-electron chi connectivity index (χ4n) is 2.41. The van der Waals surface area contributed by atoms with Crippen molar-refractivity contribution in [2.75, 3.05) is 12.8 Å². The first-order chi connectivity index (χ1) is 11.5. The van der Waals surface area contributed by atoms with Crippen molar-refractivity contribution in [3.63, 3.8) is 0 Å². The molecule has 0 saturated carbocycles. The molecule has 0 N–H and O–H groups in total. The number of unbranched alkanes of at least 4 members (excludes halogenated alkanes) is 6. The lowest BCUT2D eigenvalue weighted by atomic mass is 10.1. The fraction of sp³-hybridized carbons (Fsp3) is 0.684. The number of benzene rings is 1. The predicted molar refractivity (Wildman–Crippen MR) is 104 cm³/mol. The number of aryl methyl sites for hydroxylation is 1. The molecule has 3 nitrogen and oxygen atoms in total. The second-order valence-electron chi connectivity index (χ2n) is 6.29. The average molecular weight is 375 g/mol. The molecule has 1 atom stereocenters. The molecule has 0 radical (unpaired) electrons. The Morgan fingerprint density at radius 1 is 1.00 bits per heavy atom. The number of hydrogen-bond donors (Lipinski definition) is 0. The Bertz CT molecular complexity index is 519. The monoisotopic (exact) mass is 374 g/mol. The minimum Gasteiger partial charge on any atom is -0.424 e. The SMILES string of the molecule is CCCCCCCCOP(=O)(CCCC)Oc1ccc(Cl)c(C)c1. The van der Waals surface area contributed by atoms with E-state index in [1.165, 1.54) is 25.7 Å². The molecule has 0 aliphatic rings. The standard InChI is InChI=1S/C19H32ClO3P/c1-4-6-8-9-10-11-14-22-24(21,15-7-5-2)23-18-12-13-19(20)17(3)16-18/h12-13,16H,4-11,14-15H2,1-3H3. The minimum absolute atomic E-state index is 0.459. The molecule has 1 aromatic rings. The van der Waals surface area contributed by atoms with E-state index in [1.807, 2.05) is 13.0 Å². The maximum Gasteiger partial charge on any atom is 0.379 e. The van der Waals surface area contributed by atoms with Crippen LogP contribution in [0.4, 0.5) is 0 Å². The van der Waals surface area contributed by atoms with Crippen LogP contribution in [0, 0.1) is 6.92 Å². The summed E-state index contributed by atoms with van der Waals surface area (Å²) in [4.78, 5) is 0. The molecule has 1 aromatic carbocycles. The summed E-state index contributed by atoms with van der Waals surface area (Å²) in [5.74, 6) is 0.569. The van der Waals surface area contributed by atoms with Gasteiger partial charge in [0.2, 0.25) is 0 Å². The van der Waals surface area contributed by atoms with Crippen molar-refractivity contribution in [2.24, 2.45) is 0 Å². The molecule has 0 amide bonds. The van der Waals surface area contributed by atoms with E-state index in [-0.39, 0.29) is 0 Å². The van der Waals surface area contributed by atoms with Crippen molar-refractivity contribution >= 4 is 19.2 Å². The van der Waals surface area contributed by atoms with Gasteiger partial charge in [0.1, 0.15) is 5.75 Å². The Morgan fingerprint density at radius 3 is 2.33 bits per heavy atom. The molecule has 0 aromatic heterocycles. The van der Waals surface area contributed by atoms with Crippen molar-refractivity contribution < 1.29 is 13.6 Å². The molecule has 0 aliphatic heterocycles. The summed E-state index contributed by atoms with van der Waals surface area (Å²) in [6.07, 6.45) is 9.33. The maximum atomic E-state index is 13.0. The molecule has 24 heavy (non-hydrogen) atoms. The molecule has 0 spiro atoms. The van der Waals surface area contributed by atoms with Crippen LogP contribution in [0.15, 0.2) is 18.2 Å². The summed E-state index contributed by atoms with van der Waals surface area (Å²) >= 11 is 6.03. The summed E-state index contributed by atoms with van der Waals surface area (Å²) in [6.45, 7) is 6.69. The molecule has 5 heteroatoms. The summed E-state index contributed by atoms with van der Waals surface area (Å²) in [7, 11) is -3.10. The van der Waals surface area contributed by atoms with Crippen LogP contribution in [0.3, 0.4) is 0 Å². The third-order valence-electron chi connectivity index (χ3n) is 3.95. The molecule has 0 bridgehead atoms. The summed E-state index contributed by atoms with van der Waals surface area (Å²) in [6, 6.07) is 5.33. The predicted octanol–water partition coefficient (Wildman–Crippen LogP) is 7.40. The Kier molecular flexibility index (Phi) is 10.7. The lowest BCUT2D eigenvalue weighted by Gasteiger charge is -2.19. The lowest BCUT2D eigenvalue weighted by molar-refractivity contribution is 0.257. The van der Waals surface area contributed by atoms with Crippen LogP contribution < -0.4 is 4.52 Å².